The molecule has 0 fully saturated rings. The van der Waals surface area contributed by atoms with Crippen molar-refractivity contribution in [1.82, 2.24) is 5.43 Å². The van der Waals surface area contributed by atoms with E-state index in [1.165, 1.54) is 6.21 Å². The number of nitrogens with zero attached hydrogens (tertiary/aromatic N) is 1. The van der Waals surface area contributed by atoms with Crippen molar-refractivity contribution in [3.8, 4) is 11.5 Å². The molecule has 0 aliphatic carbocycles. The largest absolute Gasteiger partial charge is 0.496 e. The lowest BCUT2D eigenvalue weighted by Gasteiger charge is -2.13. The fourth-order valence-corrected chi connectivity index (χ4v) is 2.42. The van der Waals surface area contributed by atoms with Crippen LogP contribution in [0.15, 0.2) is 52.0 Å². The highest BCUT2D eigenvalue weighted by molar-refractivity contribution is 9.10. The van der Waals surface area contributed by atoms with Crippen LogP contribution < -0.4 is 14.9 Å². The third-order valence-electron chi connectivity index (χ3n) is 3.05. The van der Waals surface area contributed by atoms with Gasteiger partial charge in [0, 0.05) is 15.1 Å². The summed E-state index contributed by atoms with van der Waals surface area (Å²) in [5.74, 6) is 0.794. The molecule has 0 aliphatic rings. The third-order valence-corrected chi connectivity index (χ3v) is 3.78. The molecule has 7 heteroatoms. The van der Waals surface area contributed by atoms with Crippen molar-refractivity contribution in [3.05, 3.63) is 57.5 Å². The number of hydrazone groups is 1. The van der Waals surface area contributed by atoms with Gasteiger partial charge < -0.3 is 9.47 Å². The maximum atomic E-state index is 12.0. The molecular formula is C17H16BrClN2O3. The van der Waals surface area contributed by atoms with E-state index in [1.807, 2.05) is 12.1 Å². The summed E-state index contributed by atoms with van der Waals surface area (Å²) in [6.07, 6.45) is 0.790. The molecule has 1 atom stereocenters. The van der Waals surface area contributed by atoms with Gasteiger partial charge >= 0.3 is 0 Å². The second-order valence-electron chi connectivity index (χ2n) is 4.84. The van der Waals surface area contributed by atoms with E-state index in [-0.39, 0.29) is 5.91 Å². The molecule has 2 aromatic carbocycles. The van der Waals surface area contributed by atoms with Crippen LogP contribution in [0.3, 0.4) is 0 Å². The monoisotopic (exact) mass is 410 g/mol. The zero-order chi connectivity index (χ0) is 17.5. The number of benzene rings is 2. The Hall–Kier alpha value is -2.05. The Bertz CT molecular complexity index is 752. The average Bonchev–Trinajstić information content (AvgIpc) is 2.55. The summed E-state index contributed by atoms with van der Waals surface area (Å²) in [5.41, 5.74) is 3.17. The summed E-state index contributed by atoms with van der Waals surface area (Å²) in [4.78, 5) is 12.0. The van der Waals surface area contributed by atoms with Crippen LogP contribution >= 0.6 is 27.5 Å². The van der Waals surface area contributed by atoms with Crippen LogP contribution in [0.1, 0.15) is 12.5 Å². The number of methoxy groups -OCH3 is 1. The highest BCUT2D eigenvalue weighted by Crippen LogP contribution is 2.21. The number of carbonyl (C=O) groups excluding carboxylic acids is 1. The molecule has 2 rings (SSSR count). The number of carbonyl (C=O) groups is 1. The summed E-state index contributed by atoms with van der Waals surface area (Å²) in [6.45, 7) is 1.63. The lowest BCUT2D eigenvalue weighted by molar-refractivity contribution is -0.127. The van der Waals surface area contributed by atoms with Gasteiger partial charge in [0.25, 0.3) is 5.91 Å². The van der Waals surface area contributed by atoms with Crippen LogP contribution in [-0.2, 0) is 4.79 Å². The van der Waals surface area contributed by atoms with E-state index < -0.39 is 6.10 Å². The molecule has 0 aliphatic heterocycles. The van der Waals surface area contributed by atoms with Gasteiger partial charge in [-0.25, -0.2) is 5.43 Å². The highest BCUT2D eigenvalue weighted by Gasteiger charge is 2.14. The Morgan fingerprint density at radius 1 is 1.33 bits per heavy atom. The van der Waals surface area contributed by atoms with E-state index in [2.05, 4.69) is 26.5 Å². The van der Waals surface area contributed by atoms with Crippen LogP contribution in [0.5, 0.6) is 11.5 Å². The second-order valence-corrected chi connectivity index (χ2v) is 6.19. The van der Waals surface area contributed by atoms with Crippen molar-refractivity contribution in [1.29, 1.82) is 0 Å². The molecule has 24 heavy (non-hydrogen) atoms. The van der Waals surface area contributed by atoms with Gasteiger partial charge in [0.1, 0.15) is 11.5 Å². The second kappa shape index (κ2) is 8.70. The van der Waals surface area contributed by atoms with Crippen molar-refractivity contribution in [2.24, 2.45) is 5.10 Å². The lowest BCUT2D eigenvalue weighted by Crippen LogP contribution is -2.33. The molecule has 0 bridgehead atoms. The minimum atomic E-state index is -0.718. The van der Waals surface area contributed by atoms with Gasteiger partial charge in [0.2, 0.25) is 0 Å². The van der Waals surface area contributed by atoms with Crippen LogP contribution in [0.4, 0.5) is 0 Å². The van der Waals surface area contributed by atoms with E-state index in [0.717, 1.165) is 10.0 Å². The molecule has 1 N–H and O–H groups in total. The van der Waals surface area contributed by atoms with Crippen LogP contribution in [-0.4, -0.2) is 25.3 Å². The number of rotatable bonds is 6. The lowest BCUT2D eigenvalue weighted by atomic mass is 10.2. The molecule has 0 heterocycles. The SMILES string of the molecule is COc1ccc(Br)cc1/C=N\NC(=O)[C@@H](C)Oc1cccc(Cl)c1. The summed E-state index contributed by atoms with van der Waals surface area (Å²) in [7, 11) is 1.57. The summed E-state index contributed by atoms with van der Waals surface area (Å²) < 4.78 is 11.6. The minimum Gasteiger partial charge on any atom is -0.496 e. The maximum absolute atomic E-state index is 12.0. The van der Waals surface area contributed by atoms with Gasteiger partial charge in [0.15, 0.2) is 6.10 Å². The van der Waals surface area contributed by atoms with Crippen molar-refractivity contribution in [2.45, 2.75) is 13.0 Å². The first-order chi connectivity index (χ1) is 11.5. The van der Waals surface area contributed by atoms with E-state index in [0.29, 0.717) is 16.5 Å². The Kier molecular flexibility index (Phi) is 6.63. The van der Waals surface area contributed by atoms with Crippen molar-refractivity contribution >= 4 is 39.7 Å². The van der Waals surface area contributed by atoms with E-state index in [1.54, 1.807) is 44.4 Å². The quantitative estimate of drug-likeness (QED) is 0.577. The predicted molar refractivity (Wildman–Crippen MR) is 98.0 cm³/mol. The molecule has 2 aromatic rings. The Morgan fingerprint density at radius 2 is 2.12 bits per heavy atom. The van der Waals surface area contributed by atoms with Crippen LogP contribution in [0, 0.1) is 0 Å². The van der Waals surface area contributed by atoms with Gasteiger partial charge in [-0.2, -0.15) is 5.10 Å². The molecule has 5 nitrogen and oxygen atoms in total. The molecule has 0 saturated carbocycles. The third kappa shape index (κ3) is 5.25. The number of hydrogen-bond donors (Lipinski definition) is 1. The Morgan fingerprint density at radius 3 is 2.83 bits per heavy atom. The smallest absolute Gasteiger partial charge is 0.280 e. The molecular weight excluding hydrogens is 396 g/mol. The molecule has 0 aromatic heterocycles. The fourth-order valence-electron chi connectivity index (χ4n) is 1.86. The molecule has 0 unspecified atom stereocenters. The number of halogens is 2. The first-order valence-electron chi connectivity index (χ1n) is 7.08. The van der Waals surface area contributed by atoms with Crippen LogP contribution in [0.2, 0.25) is 5.02 Å². The topological polar surface area (TPSA) is 59.9 Å². The fraction of sp³-hybridized carbons (Fsp3) is 0.176. The number of ether oxygens (including phenoxy) is 2. The predicted octanol–water partition coefficient (Wildman–Crippen LogP) is 4.03. The Labute approximate surface area is 153 Å². The number of nitrogens with one attached hydrogen (secondary N) is 1. The molecule has 1 amide bonds. The van der Waals surface area contributed by atoms with Crippen molar-refractivity contribution in [2.75, 3.05) is 7.11 Å². The van der Waals surface area contributed by atoms with Gasteiger partial charge in [-0.3, -0.25) is 4.79 Å². The molecule has 126 valence electrons. The van der Waals surface area contributed by atoms with Gasteiger partial charge in [0.05, 0.1) is 13.3 Å². The Balaban J connectivity index is 1.96. The van der Waals surface area contributed by atoms with E-state index >= 15 is 0 Å². The zero-order valence-corrected chi connectivity index (χ0v) is 15.5. The molecule has 0 saturated heterocycles. The number of hydrogen-bond acceptors (Lipinski definition) is 4. The average molecular weight is 412 g/mol. The molecule has 0 spiro atoms. The standard InChI is InChI=1S/C17H16BrClN2O3/c1-11(24-15-5-3-4-14(19)9-15)17(22)21-20-10-12-8-13(18)6-7-16(12)23-2/h3-11H,1-2H3,(H,21,22)/b20-10-/t11-/m1/s1. The maximum Gasteiger partial charge on any atom is 0.280 e. The van der Waals surface area contributed by atoms with Crippen LogP contribution in [0.25, 0.3) is 0 Å². The van der Waals surface area contributed by atoms with Gasteiger partial charge in [-0.1, -0.05) is 33.6 Å². The first-order valence-corrected chi connectivity index (χ1v) is 8.25. The first kappa shape index (κ1) is 18.3. The zero-order valence-electron chi connectivity index (χ0n) is 13.1. The van der Waals surface area contributed by atoms with Crippen molar-refractivity contribution < 1.29 is 14.3 Å². The molecule has 0 radical (unpaired) electrons. The summed E-state index contributed by atoms with van der Waals surface area (Å²) in [5, 5.41) is 4.48. The van der Waals surface area contributed by atoms with Crippen molar-refractivity contribution in [3.63, 3.8) is 0 Å². The normalized spacial score (nSPS) is 12.0. The minimum absolute atomic E-state index is 0.375. The van der Waals surface area contributed by atoms with Gasteiger partial charge in [-0.05, 0) is 43.3 Å². The van der Waals surface area contributed by atoms with Gasteiger partial charge in [-0.15, -0.1) is 0 Å². The van der Waals surface area contributed by atoms with E-state index in [9.17, 15) is 4.79 Å². The summed E-state index contributed by atoms with van der Waals surface area (Å²) >= 11 is 9.26. The summed E-state index contributed by atoms with van der Waals surface area (Å²) in [6, 6.07) is 12.3. The highest BCUT2D eigenvalue weighted by atomic mass is 79.9. The number of amides is 1. The van der Waals surface area contributed by atoms with E-state index in [4.69, 9.17) is 21.1 Å².